The Morgan fingerprint density at radius 2 is 1.96 bits per heavy atom. The zero-order valence-corrected chi connectivity index (χ0v) is 25.7. The molecule has 1 aliphatic heterocycles. The second-order valence-electron chi connectivity index (χ2n) is 10.9. The van der Waals surface area contributed by atoms with Crippen LogP contribution in [0.1, 0.15) is 41.9 Å². The van der Waals surface area contributed by atoms with Crippen LogP contribution in [0, 0.1) is 17.5 Å². The van der Waals surface area contributed by atoms with Gasteiger partial charge in [-0.3, -0.25) is 13.9 Å². The third-order valence-electron chi connectivity index (χ3n) is 7.95. The molecule has 0 saturated heterocycles. The molecule has 0 amide bonds. The number of aromatic nitrogens is 3. The third kappa shape index (κ3) is 5.87. The topological polar surface area (TPSA) is 100 Å². The van der Waals surface area contributed by atoms with Crippen molar-refractivity contribution in [2.45, 2.75) is 37.1 Å². The molecule has 0 spiro atoms. The number of hydrogen-bond donors (Lipinski definition) is 2. The number of hydrogen-bond acceptors (Lipinski definition) is 6. The summed E-state index contributed by atoms with van der Waals surface area (Å²) in [5, 5.41) is 0.556. The van der Waals surface area contributed by atoms with E-state index in [1.807, 2.05) is 11.9 Å². The largest absolute Gasteiger partial charge is 0.466 e. The number of ether oxygens (including phenoxy) is 2. The maximum Gasteiger partial charge on any atom is 0.306 e. The quantitative estimate of drug-likeness (QED) is 0.178. The molecular weight excluding hydrogens is 605 g/mol. The Bertz CT molecular complexity index is 1940. The molecule has 3 heterocycles. The molecule has 0 aliphatic carbocycles. The van der Waals surface area contributed by atoms with E-state index in [1.54, 1.807) is 37.4 Å². The number of carbonyl (C=O) groups is 1. The molecule has 2 atom stereocenters. The zero-order chi connectivity index (χ0) is 31.8. The van der Waals surface area contributed by atoms with Crippen LogP contribution in [0.3, 0.4) is 0 Å². The number of rotatable bonds is 9. The van der Waals surface area contributed by atoms with Crippen LogP contribution in [0.2, 0.25) is 0 Å². The fourth-order valence-electron chi connectivity index (χ4n) is 5.82. The van der Waals surface area contributed by atoms with E-state index in [0.717, 1.165) is 5.69 Å². The number of H-pyrrole nitrogens is 2. The second kappa shape index (κ2) is 12.5. The number of likely N-dealkylation sites (N-methyl/N-ethyl adjacent to an activating group) is 1. The Morgan fingerprint density at radius 3 is 2.73 bits per heavy atom. The Labute approximate surface area is 260 Å². The molecule has 3 aromatic carbocycles. The number of aryl methyl sites for hydroxylation is 1. The van der Waals surface area contributed by atoms with Gasteiger partial charge in [-0.25, -0.2) is 18.2 Å². The van der Waals surface area contributed by atoms with Crippen molar-refractivity contribution in [3.63, 3.8) is 0 Å². The summed E-state index contributed by atoms with van der Waals surface area (Å²) in [5.74, 6) is -2.00. The number of halogens is 3. The van der Waals surface area contributed by atoms with Gasteiger partial charge in [-0.1, -0.05) is 18.2 Å². The number of aromatic amines is 2. The second-order valence-corrected chi connectivity index (χ2v) is 12.2. The van der Waals surface area contributed by atoms with E-state index < -0.39 is 40.3 Å². The van der Waals surface area contributed by atoms with Gasteiger partial charge < -0.3 is 19.4 Å². The summed E-state index contributed by atoms with van der Waals surface area (Å²) in [4.78, 5) is 24.9. The lowest BCUT2D eigenvalue weighted by molar-refractivity contribution is -0.143. The molecule has 6 rings (SSSR count). The van der Waals surface area contributed by atoms with Crippen molar-refractivity contribution in [2.24, 2.45) is 0 Å². The summed E-state index contributed by atoms with van der Waals surface area (Å²) in [6.07, 6.45) is 3.88. The lowest BCUT2D eigenvalue weighted by atomic mass is 9.93. The van der Waals surface area contributed by atoms with Crippen LogP contribution in [-0.2, 0) is 33.2 Å². The minimum atomic E-state index is -1.59. The summed E-state index contributed by atoms with van der Waals surface area (Å²) < 4.78 is 69.8. The summed E-state index contributed by atoms with van der Waals surface area (Å²) in [6, 6.07) is 11.4. The van der Waals surface area contributed by atoms with E-state index in [-0.39, 0.29) is 47.2 Å². The number of esters is 1. The van der Waals surface area contributed by atoms with E-state index in [2.05, 4.69) is 9.97 Å². The number of carbonyl (C=O) groups excluding carboxylic acids is 1. The van der Waals surface area contributed by atoms with Crippen molar-refractivity contribution in [1.82, 2.24) is 19.9 Å². The molecule has 5 aromatic rings. The molecule has 2 aromatic heterocycles. The van der Waals surface area contributed by atoms with Crippen LogP contribution in [0.15, 0.2) is 59.6 Å². The number of imidazole rings is 1. The van der Waals surface area contributed by atoms with Gasteiger partial charge in [-0.05, 0) is 50.2 Å². The highest BCUT2D eigenvalue weighted by molar-refractivity contribution is 7.84. The van der Waals surface area contributed by atoms with Crippen LogP contribution < -0.4 is 4.74 Å². The van der Waals surface area contributed by atoms with E-state index in [1.165, 1.54) is 30.5 Å². The summed E-state index contributed by atoms with van der Waals surface area (Å²) in [7, 11) is 0.279. The minimum Gasteiger partial charge on any atom is -0.466 e. The molecule has 234 valence electrons. The van der Waals surface area contributed by atoms with Gasteiger partial charge >= 0.3 is 5.97 Å². The maximum atomic E-state index is 15.9. The molecule has 0 fully saturated rings. The van der Waals surface area contributed by atoms with Crippen molar-refractivity contribution in [3.8, 4) is 22.9 Å². The van der Waals surface area contributed by atoms with Gasteiger partial charge in [0.1, 0.15) is 23.2 Å². The van der Waals surface area contributed by atoms with E-state index in [9.17, 15) is 9.00 Å². The van der Waals surface area contributed by atoms with E-state index in [4.69, 9.17) is 14.5 Å². The van der Waals surface area contributed by atoms with Crippen LogP contribution in [0.5, 0.6) is 11.5 Å². The predicted octanol–water partition coefficient (Wildman–Crippen LogP) is 6.58. The van der Waals surface area contributed by atoms with Gasteiger partial charge in [0.25, 0.3) is 0 Å². The van der Waals surface area contributed by atoms with Gasteiger partial charge in [-0.2, -0.15) is 0 Å². The summed E-state index contributed by atoms with van der Waals surface area (Å²) in [6.45, 7) is 2.57. The van der Waals surface area contributed by atoms with E-state index >= 15 is 13.2 Å². The summed E-state index contributed by atoms with van der Waals surface area (Å²) in [5.41, 5.74) is 2.64. The number of nitrogens with zero attached hydrogens (tertiary/aromatic N) is 2. The van der Waals surface area contributed by atoms with Crippen LogP contribution >= 0.6 is 0 Å². The number of fused-ring (bicyclic) bond motifs is 2. The Morgan fingerprint density at radius 1 is 1.13 bits per heavy atom. The first-order valence-electron chi connectivity index (χ1n) is 14.5. The highest BCUT2D eigenvalue weighted by atomic mass is 32.2. The fraction of sp³-hybridized carbons (Fsp3) is 0.273. The summed E-state index contributed by atoms with van der Waals surface area (Å²) >= 11 is 0. The van der Waals surface area contributed by atoms with Gasteiger partial charge in [0, 0.05) is 60.1 Å². The standard InChI is InChI=1S/C33H31F3N4O4S/c1-4-43-27(41)11-8-18-6-5-7-21(28(18)36)30-29-25(13-15-40(30)2)38-33(39-29)22-16-19(9-10-23(22)34)44-31-24(35)17-26-20(12-14-37-26)32(31)45(3)42/h5-7,9-10,12,14,16-17,30,37H,4,8,11,13,15H2,1-3H3,(H,38,39). The van der Waals surface area contributed by atoms with Gasteiger partial charge in [-0.15, -0.1) is 0 Å². The van der Waals surface area contributed by atoms with Crippen molar-refractivity contribution in [3.05, 3.63) is 94.7 Å². The van der Waals surface area contributed by atoms with Gasteiger partial charge in [0.2, 0.25) is 0 Å². The molecule has 2 N–H and O–H groups in total. The molecular formula is C33H31F3N4O4S. The molecule has 0 bridgehead atoms. The van der Waals surface area contributed by atoms with E-state index in [0.29, 0.717) is 40.7 Å². The number of nitrogens with one attached hydrogen (secondary N) is 2. The van der Waals surface area contributed by atoms with Crippen LogP contribution in [0.4, 0.5) is 13.2 Å². The van der Waals surface area contributed by atoms with Crippen LogP contribution in [-0.4, -0.2) is 56.5 Å². The molecule has 45 heavy (non-hydrogen) atoms. The lowest BCUT2D eigenvalue weighted by Crippen LogP contribution is -2.33. The van der Waals surface area contributed by atoms with Crippen molar-refractivity contribution >= 4 is 27.7 Å². The Hall–Kier alpha value is -4.42. The first kappa shape index (κ1) is 30.6. The normalized spacial score (nSPS) is 15.6. The van der Waals surface area contributed by atoms with Crippen LogP contribution in [0.25, 0.3) is 22.3 Å². The smallest absolute Gasteiger partial charge is 0.306 e. The monoisotopic (exact) mass is 636 g/mol. The maximum absolute atomic E-state index is 15.9. The average Bonchev–Trinajstić information content (AvgIpc) is 3.65. The number of benzene rings is 3. The first-order chi connectivity index (χ1) is 21.7. The lowest BCUT2D eigenvalue weighted by Gasteiger charge is -2.32. The molecule has 8 nitrogen and oxygen atoms in total. The van der Waals surface area contributed by atoms with Crippen molar-refractivity contribution in [2.75, 3.05) is 26.5 Å². The highest BCUT2D eigenvalue weighted by Crippen LogP contribution is 2.40. The molecule has 2 unspecified atom stereocenters. The van der Waals surface area contributed by atoms with Crippen molar-refractivity contribution in [1.29, 1.82) is 0 Å². The first-order valence-corrected chi connectivity index (χ1v) is 16.0. The fourth-order valence-corrected chi connectivity index (χ4v) is 6.71. The highest BCUT2D eigenvalue weighted by Gasteiger charge is 2.33. The average molecular weight is 637 g/mol. The molecule has 0 saturated carbocycles. The molecule has 1 aliphatic rings. The molecule has 12 heteroatoms. The Balaban J connectivity index is 1.34. The SMILES string of the molecule is CCOC(=O)CCc1cccc(C2c3nc(-c4cc(Oc5c(F)cc6[nH]ccc6c5S(C)=O)ccc4F)[nH]c3CCN2C)c1F. The van der Waals surface area contributed by atoms with Gasteiger partial charge in [0.15, 0.2) is 11.6 Å². The predicted molar refractivity (Wildman–Crippen MR) is 164 cm³/mol. The molecule has 0 radical (unpaired) electrons. The van der Waals surface area contributed by atoms with Crippen molar-refractivity contribution < 1.29 is 31.6 Å². The third-order valence-corrected chi connectivity index (χ3v) is 8.93. The van der Waals surface area contributed by atoms with Gasteiger partial charge in [0.05, 0.1) is 39.6 Å². The Kier molecular flexibility index (Phi) is 8.52. The minimum absolute atomic E-state index is 0.0583. The zero-order valence-electron chi connectivity index (χ0n) is 24.9.